The highest BCUT2D eigenvalue weighted by molar-refractivity contribution is 5.54. The summed E-state index contributed by atoms with van der Waals surface area (Å²) < 4.78 is 0. The molecule has 21 heavy (non-hydrogen) atoms. The first kappa shape index (κ1) is 14.9. The van der Waals surface area contributed by atoms with Gasteiger partial charge in [0.15, 0.2) is 0 Å². The summed E-state index contributed by atoms with van der Waals surface area (Å²) in [5.41, 5.74) is 2.44. The Morgan fingerprint density at radius 3 is 2.38 bits per heavy atom. The minimum Gasteiger partial charge on any atom is -0.388 e. The summed E-state index contributed by atoms with van der Waals surface area (Å²) in [6, 6.07) is 8.52. The SMILES string of the molecule is OC(CC1CCCCC1)c1ccccc1N1CCCCC1. The fourth-order valence-electron chi connectivity index (χ4n) is 4.06. The minimum absolute atomic E-state index is 0.286. The van der Waals surface area contributed by atoms with Crippen molar-refractivity contribution in [3.63, 3.8) is 0 Å². The summed E-state index contributed by atoms with van der Waals surface area (Å²) in [4.78, 5) is 2.48. The Morgan fingerprint density at radius 1 is 0.952 bits per heavy atom. The van der Waals surface area contributed by atoms with Gasteiger partial charge in [-0.3, -0.25) is 0 Å². The van der Waals surface area contributed by atoms with Crippen LogP contribution in [0.3, 0.4) is 0 Å². The highest BCUT2D eigenvalue weighted by Crippen LogP contribution is 2.35. The summed E-state index contributed by atoms with van der Waals surface area (Å²) in [5.74, 6) is 0.725. The number of benzene rings is 1. The molecule has 1 saturated heterocycles. The largest absolute Gasteiger partial charge is 0.388 e. The molecular weight excluding hydrogens is 258 g/mol. The number of piperidine rings is 1. The van der Waals surface area contributed by atoms with E-state index in [1.54, 1.807) is 0 Å². The van der Waals surface area contributed by atoms with Crippen LogP contribution in [0.4, 0.5) is 5.69 Å². The van der Waals surface area contributed by atoms with Gasteiger partial charge in [0.05, 0.1) is 6.10 Å². The van der Waals surface area contributed by atoms with Gasteiger partial charge in [-0.1, -0.05) is 50.3 Å². The van der Waals surface area contributed by atoms with Crippen LogP contribution in [0.15, 0.2) is 24.3 Å². The fourth-order valence-corrected chi connectivity index (χ4v) is 4.06. The molecule has 1 aliphatic carbocycles. The average Bonchev–Trinajstić information content (AvgIpc) is 2.56. The molecule has 0 radical (unpaired) electrons. The molecule has 0 aromatic heterocycles. The number of anilines is 1. The van der Waals surface area contributed by atoms with Crippen LogP contribution < -0.4 is 4.90 Å². The Bertz CT molecular complexity index is 433. The molecule has 3 rings (SSSR count). The van der Waals surface area contributed by atoms with Crippen LogP contribution in [0.5, 0.6) is 0 Å². The van der Waals surface area contributed by atoms with Gasteiger partial charge in [0.1, 0.15) is 0 Å². The van der Waals surface area contributed by atoms with E-state index in [1.165, 1.54) is 57.1 Å². The highest BCUT2D eigenvalue weighted by Gasteiger charge is 2.22. The highest BCUT2D eigenvalue weighted by atomic mass is 16.3. The van der Waals surface area contributed by atoms with E-state index in [2.05, 4.69) is 29.2 Å². The number of aliphatic hydroxyl groups is 1. The molecule has 1 atom stereocenters. The Kier molecular flexibility index (Phi) is 5.18. The quantitative estimate of drug-likeness (QED) is 0.869. The summed E-state index contributed by atoms with van der Waals surface area (Å²) in [7, 11) is 0. The molecule has 1 aromatic rings. The summed E-state index contributed by atoms with van der Waals surface area (Å²) in [5, 5.41) is 10.8. The lowest BCUT2D eigenvalue weighted by Crippen LogP contribution is -2.30. The molecule has 0 spiro atoms. The summed E-state index contributed by atoms with van der Waals surface area (Å²) in [6.45, 7) is 2.29. The molecule has 2 fully saturated rings. The molecule has 116 valence electrons. The van der Waals surface area contributed by atoms with Crippen LogP contribution in [-0.2, 0) is 0 Å². The van der Waals surface area contributed by atoms with Crippen molar-refractivity contribution in [3.05, 3.63) is 29.8 Å². The van der Waals surface area contributed by atoms with Gasteiger partial charge < -0.3 is 10.0 Å². The molecule has 1 saturated carbocycles. The Labute approximate surface area is 129 Å². The van der Waals surface area contributed by atoms with Crippen molar-refractivity contribution < 1.29 is 5.11 Å². The summed E-state index contributed by atoms with van der Waals surface area (Å²) in [6.07, 6.45) is 11.3. The zero-order valence-corrected chi connectivity index (χ0v) is 13.1. The zero-order valence-electron chi connectivity index (χ0n) is 13.1. The molecule has 2 heteroatoms. The second kappa shape index (κ2) is 7.31. The summed E-state index contributed by atoms with van der Waals surface area (Å²) >= 11 is 0. The van der Waals surface area contributed by atoms with E-state index in [0.29, 0.717) is 0 Å². The number of para-hydroxylation sites is 1. The van der Waals surface area contributed by atoms with Crippen LogP contribution in [0.25, 0.3) is 0 Å². The van der Waals surface area contributed by atoms with Crippen molar-refractivity contribution in [2.75, 3.05) is 18.0 Å². The number of rotatable bonds is 4. The predicted molar refractivity (Wildman–Crippen MR) is 88.7 cm³/mol. The monoisotopic (exact) mass is 287 g/mol. The Morgan fingerprint density at radius 2 is 1.62 bits per heavy atom. The average molecular weight is 287 g/mol. The fraction of sp³-hybridized carbons (Fsp3) is 0.684. The molecular formula is C19H29NO. The molecule has 1 aliphatic heterocycles. The lowest BCUT2D eigenvalue weighted by Gasteiger charge is -2.32. The third kappa shape index (κ3) is 3.79. The van der Waals surface area contributed by atoms with Gasteiger partial charge in [0.2, 0.25) is 0 Å². The first-order chi connectivity index (χ1) is 10.3. The van der Waals surface area contributed by atoms with Crippen molar-refractivity contribution in [1.82, 2.24) is 0 Å². The Balaban J connectivity index is 1.70. The zero-order chi connectivity index (χ0) is 14.5. The second-order valence-electron chi connectivity index (χ2n) is 6.86. The van der Waals surface area contributed by atoms with Crippen LogP contribution in [0.2, 0.25) is 0 Å². The molecule has 1 N–H and O–H groups in total. The lowest BCUT2D eigenvalue weighted by molar-refractivity contribution is 0.131. The number of hydrogen-bond acceptors (Lipinski definition) is 2. The van der Waals surface area contributed by atoms with Gasteiger partial charge >= 0.3 is 0 Å². The molecule has 1 heterocycles. The maximum Gasteiger partial charge on any atom is 0.0812 e. The third-order valence-corrected chi connectivity index (χ3v) is 5.27. The number of aliphatic hydroxyl groups excluding tert-OH is 1. The van der Waals surface area contributed by atoms with Crippen LogP contribution in [-0.4, -0.2) is 18.2 Å². The molecule has 0 bridgehead atoms. The van der Waals surface area contributed by atoms with Crippen LogP contribution >= 0.6 is 0 Å². The van der Waals surface area contributed by atoms with E-state index >= 15 is 0 Å². The van der Waals surface area contributed by atoms with Crippen molar-refractivity contribution in [2.45, 2.75) is 63.9 Å². The maximum atomic E-state index is 10.8. The molecule has 0 amide bonds. The van der Waals surface area contributed by atoms with Crippen LogP contribution in [0.1, 0.15) is 69.5 Å². The molecule has 1 unspecified atom stereocenters. The van der Waals surface area contributed by atoms with E-state index in [-0.39, 0.29) is 6.10 Å². The van der Waals surface area contributed by atoms with Crippen molar-refractivity contribution >= 4 is 5.69 Å². The second-order valence-corrected chi connectivity index (χ2v) is 6.86. The minimum atomic E-state index is -0.286. The normalized spacial score (nSPS) is 22.2. The maximum absolute atomic E-state index is 10.8. The van der Waals surface area contributed by atoms with Gasteiger partial charge in [-0.15, -0.1) is 0 Å². The number of nitrogens with zero attached hydrogens (tertiary/aromatic N) is 1. The van der Waals surface area contributed by atoms with Gasteiger partial charge in [-0.25, -0.2) is 0 Å². The standard InChI is InChI=1S/C19H29NO/c21-19(15-16-9-3-1-4-10-16)17-11-5-6-12-18(17)20-13-7-2-8-14-20/h5-6,11-12,16,19,21H,1-4,7-10,13-15H2. The first-order valence-electron chi connectivity index (χ1n) is 8.86. The predicted octanol–water partition coefficient (Wildman–Crippen LogP) is 4.68. The van der Waals surface area contributed by atoms with Crippen molar-refractivity contribution in [3.8, 4) is 0 Å². The van der Waals surface area contributed by atoms with Gasteiger partial charge in [0.25, 0.3) is 0 Å². The molecule has 1 aromatic carbocycles. The third-order valence-electron chi connectivity index (χ3n) is 5.27. The first-order valence-corrected chi connectivity index (χ1v) is 8.86. The van der Waals surface area contributed by atoms with E-state index < -0.39 is 0 Å². The molecule has 2 nitrogen and oxygen atoms in total. The van der Waals surface area contributed by atoms with E-state index in [0.717, 1.165) is 31.0 Å². The van der Waals surface area contributed by atoms with Crippen LogP contribution in [0, 0.1) is 5.92 Å². The van der Waals surface area contributed by atoms with Gasteiger partial charge in [-0.2, -0.15) is 0 Å². The molecule has 2 aliphatic rings. The van der Waals surface area contributed by atoms with E-state index in [9.17, 15) is 5.11 Å². The van der Waals surface area contributed by atoms with Crippen molar-refractivity contribution in [2.24, 2.45) is 5.92 Å². The topological polar surface area (TPSA) is 23.5 Å². The Hall–Kier alpha value is -1.02. The van der Waals surface area contributed by atoms with Crippen molar-refractivity contribution in [1.29, 1.82) is 0 Å². The lowest BCUT2D eigenvalue weighted by atomic mass is 9.84. The smallest absolute Gasteiger partial charge is 0.0812 e. The van der Waals surface area contributed by atoms with Gasteiger partial charge in [-0.05, 0) is 37.7 Å². The number of hydrogen-bond donors (Lipinski definition) is 1. The van der Waals surface area contributed by atoms with Gasteiger partial charge in [0, 0.05) is 24.3 Å². The van der Waals surface area contributed by atoms with E-state index in [4.69, 9.17) is 0 Å². The van der Waals surface area contributed by atoms with E-state index in [1.807, 2.05) is 0 Å².